The molecule has 1 aliphatic heterocycles. The lowest BCUT2D eigenvalue weighted by Crippen LogP contribution is -2.19. The SMILES string of the molecule is FC1(F)CN[C@H](c2noc(C3CCC3)n2)C1. The highest BCUT2D eigenvalue weighted by Gasteiger charge is 2.42. The fourth-order valence-electron chi connectivity index (χ4n) is 2.11. The van der Waals surface area contributed by atoms with Crippen LogP contribution in [0.3, 0.4) is 0 Å². The Labute approximate surface area is 91.4 Å². The van der Waals surface area contributed by atoms with Gasteiger partial charge < -0.3 is 9.84 Å². The molecule has 2 fully saturated rings. The maximum Gasteiger partial charge on any atom is 0.262 e. The third kappa shape index (κ3) is 1.71. The van der Waals surface area contributed by atoms with Gasteiger partial charge in [-0.25, -0.2) is 8.78 Å². The van der Waals surface area contributed by atoms with E-state index >= 15 is 0 Å². The largest absolute Gasteiger partial charge is 0.339 e. The van der Waals surface area contributed by atoms with E-state index in [0.29, 0.717) is 17.6 Å². The van der Waals surface area contributed by atoms with Crippen molar-refractivity contribution in [2.24, 2.45) is 0 Å². The Morgan fingerprint density at radius 3 is 2.75 bits per heavy atom. The van der Waals surface area contributed by atoms with Crippen molar-refractivity contribution in [3.05, 3.63) is 11.7 Å². The number of hydrogen-bond acceptors (Lipinski definition) is 4. The third-order valence-electron chi connectivity index (χ3n) is 3.33. The average molecular weight is 229 g/mol. The Morgan fingerprint density at radius 1 is 1.38 bits per heavy atom. The molecule has 2 aliphatic rings. The van der Waals surface area contributed by atoms with Crippen molar-refractivity contribution in [2.45, 2.75) is 43.6 Å². The van der Waals surface area contributed by atoms with Crippen molar-refractivity contribution in [3.8, 4) is 0 Å². The molecule has 0 aromatic carbocycles. The maximum absolute atomic E-state index is 13.0. The van der Waals surface area contributed by atoms with E-state index in [2.05, 4.69) is 15.5 Å². The summed E-state index contributed by atoms with van der Waals surface area (Å²) in [5, 5.41) is 6.50. The first-order chi connectivity index (χ1) is 7.64. The Kier molecular flexibility index (Phi) is 2.20. The summed E-state index contributed by atoms with van der Waals surface area (Å²) < 4.78 is 31.1. The molecule has 1 atom stereocenters. The van der Waals surface area contributed by atoms with E-state index in [1.807, 2.05) is 0 Å². The van der Waals surface area contributed by atoms with Crippen LogP contribution in [0.5, 0.6) is 0 Å². The zero-order chi connectivity index (χ0) is 11.2. The average Bonchev–Trinajstić information content (AvgIpc) is 2.69. The van der Waals surface area contributed by atoms with E-state index in [1.165, 1.54) is 6.42 Å². The Morgan fingerprint density at radius 2 is 2.19 bits per heavy atom. The highest BCUT2D eigenvalue weighted by molar-refractivity contribution is 5.04. The maximum atomic E-state index is 13.0. The molecule has 16 heavy (non-hydrogen) atoms. The number of halogens is 2. The van der Waals surface area contributed by atoms with Gasteiger partial charge in [0.05, 0.1) is 12.6 Å². The normalized spacial score (nSPS) is 29.2. The zero-order valence-electron chi connectivity index (χ0n) is 8.75. The molecule has 1 saturated heterocycles. The Balaban J connectivity index is 1.72. The summed E-state index contributed by atoms with van der Waals surface area (Å²) in [4.78, 5) is 4.21. The number of aromatic nitrogens is 2. The number of hydrogen-bond donors (Lipinski definition) is 1. The summed E-state index contributed by atoms with van der Waals surface area (Å²) in [6.07, 6.45) is 3.07. The van der Waals surface area contributed by atoms with Gasteiger partial charge in [0, 0.05) is 12.3 Å². The molecule has 2 heterocycles. The van der Waals surface area contributed by atoms with Crippen LogP contribution in [0.4, 0.5) is 8.78 Å². The van der Waals surface area contributed by atoms with Crippen molar-refractivity contribution < 1.29 is 13.3 Å². The van der Waals surface area contributed by atoms with E-state index in [4.69, 9.17) is 4.52 Å². The van der Waals surface area contributed by atoms with Crippen LogP contribution in [-0.2, 0) is 0 Å². The smallest absolute Gasteiger partial charge is 0.262 e. The van der Waals surface area contributed by atoms with E-state index in [1.54, 1.807) is 0 Å². The first-order valence-electron chi connectivity index (χ1n) is 5.59. The molecule has 0 spiro atoms. The van der Waals surface area contributed by atoms with Gasteiger partial charge in [-0.15, -0.1) is 0 Å². The van der Waals surface area contributed by atoms with Gasteiger partial charge in [0.15, 0.2) is 5.82 Å². The highest BCUT2D eigenvalue weighted by atomic mass is 19.3. The summed E-state index contributed by atoms with van der Waals surface area (Å²) in [5.74, 6) is -1.32. The monoisotopic (exact) mass is 229 g/mol. The predicted octanol–water partition coefficient (Wildman–Crippen LogP) is 2.01. The van der Waals surface area contributed by atoms with Crippen LogP contribution < -0.4 is 5.32 Å². The van der Waals surface area contributed by atoms with Crippen LogP contribution >= 0.6 is 0 Å². The number of rotatable bonds is 2. The van der Waals surface area contributed by atoms with Crippen LogP contribution in [0.1, 0.15) is 49.4 Å². The number of alkyl halides is 2. The molecule has 0 amide bonds. The minimum atomic E-state index is -2.65. The molecule has 1 saturated carbocycles. The molecule has 0 unspecified atom stereocenters. The van der Waals surface area contributed by atoms with Crippen LogP contribution in [0.25, 0.3) is 0 Å². The predicted molar refractivity (Wildman–Crippen MR) is 51.2 cm³/mol. The zero-order valence-corrected chi connectivity index (χ0v) is 8.75. The molecule has 1 N–H and O–H groups in total. The van der Waals surface area contributed by atoms with Gasteiger partial charge in [-0.3, -0.25) is 0 Å². The van der Waals surface area contributed by atoms with Crippen LogP contribution in [-0.4, -0.2) is 22.6 Å². The summed E-state index contributed by atoms with van der Waals surface area (Å²) in [6, 6.07) is -0.465. The number of nitrogens with one attached hydrogen (secondary N) is 1. The first kappa shape index (κ1) is 10.1. The number of nitrogens with zero attached hydrogens (tertiary/aromatic N) is 2. The van der Waals surface area contributed by atoms with Gasteiger partial charge in [-0.1, -0.05) is 11.6 Å². The lowest BCUT2D eigenvalue weighted by Gasteiger charge is -2.20. The molecule has 6 heteroatoms. The molecule has 0 radical (unpaired) electrons. The molecule has 1 aromatic rings. The summed E-state index contributed by atoms with van der Waals surface area (Å²) in [5.41, 5.74) is 0. The minimum Gasteiger partial charge on any atom is -0.339 e. The van der Waals surface area contributed by atoms with E-state index in [9.17, 15) is 8.78 Å². The molecule has 1 aliphatic carbocycles. The van der Waals surface area contributed by atoms with Gasteiger partial charge in [0.1, 0.15) is 0 Å². The fourth-order valence-corrected chi connectivity index (χ4v) is 2.11. The highest BCUT2D eigenvalue weighted by Crippen LogP contribution is 2.37. The van der Waals surface area contributed by atoms with Crippen molar-refractivity contribution >= 4 is 0 Å². The molecular formula is C10H13F2N3O. The van der Waals surface area contributed by atoms with Gasteiger partial charge in [-0.2, -0.15) is 4.98 Å². The van der Waals surface area contributed by atoms with Crippen LogP contribution in [0, 0.1) is 0 Å². The van der Waals surface area contributed by atoms with Gasteiger partial charge in [0.2, 0.25) is 5.89 Å². The second kappa shape index (κ2) is 3.48. The summed E-state index contributed by atoms with van der Waals surface area (Å²) in [7, 11) is 0. The Hall–Kier alpha value is -1.04. The van der Waals surface area contributed by atoms with E-state index in [0.717, 1.165) is 12.8 Å². The lowest BCUT2D eigenvalue weighted by molar-refractivity contribution is 0.0207. The molecule has 3 rings (SSSR count). The van der Waals surface area contributed by atoms with E-state index in [-0.39, 0.29) is 13.0 Å². The molecule has 88 valence electrons. The van der Waals surface area contributed by atoms with Crippen molar-refractivity contribution in [1.29, 1.82) is 0 Å². The molecule has 0 bridgehead atoms. The summed E-state index contributed by atoms with van der Waals surface area (Å²) in [6.45, 7) is -0.301. The summed E-state index contributed by atoms with van der Waals surface area (Å²) >= 11 is 0. The first-order valence-corrected chi connectivity index (χ1v) is 5.59. The second-order valence-corrected chi connectivity index (χ2v) is 4.61. The standard InChI is InChI=1S/C10H13F2N3O/c11-10(12)4-7(13-5-10)8-14-9(16-15-8)6-2-1-3-6/h6-7,13H,1-5H2/t7-/m0/s1. The van der Waals surface area contributed by atoms with Crippen LogP contribution in [0.2, 0.25) is 0 Å². The minimum absolute atomic E-state index is 0.239. The lowest BCUT2D eigenvalue weighted by atomic mass is 9.85. The molecule has 1 aromatic heterocycles. The van der Waals surface area contributed by atoms with Gasteiger partial charge in [0.25, 0.3) is 5.92 Å². The van der Waals surface area contributed by atoms with Crippen molar-refractivity contribution in [1.82, 2.24) is 15.5 Å². The quantitative estimate of drug-likeness (QED) is 0.842. The van der Waals surface area contributed by atoms with Crippen LogP contribution in [0.15, 0.2) is 4.52 Å². The molecule has 4 nitrogen and oxygen atoms in total. The molecular weight excluding hydrogens is 216 g/mol. The second-order valence-electron chi connectivity index (χ2n) is 4.61. The van der Waals surface area contributed by atoms with Gasteiger partial charge in [-0.05, 0) is 12.8 Å². The van der Waals surface area contributed by atoms with Crippen molar-refractivity contribution in [3.63, 3.8) is 0 Å². The van der Waals surface area contributed by atoms with Crippen molar-refractivity contribution in [2.75, 3.05) is 6.54 Å². The van der Waals surface area contributed by atoms with Gasteiger partial charge >= 0.3 is 0 Å². The van der Waals surface area contributed by atoms with E-state index < -0.39 is 12.0 Å². The third-order valence-corrected chi connectivity index (χ3v) is 3.33. The topological polar surface area (TPSA) is 51.0 Å². The Bertz CT molecular complexity index is 389. The fraction of sp³-hybridized carbons (Fsp3) is 0.800.